The summed E-state index contributed by atoms with van der Waals surface area (Å²) >= 11 is 0. The molecule has 18 heteroatoms. The van der Waals surface area contributed by atoms with Crippen molar-refractivity contribution in [2.75, 3.05) is 26.4 Å². The summed E-state index contributed by atoms with van der Waals surface area (Å²) in [5, 5.41) is 0. The minimum absolute atomic E-state index is 0.0958. The molecule has 2 fully saturated rings. The van der Waals surface area contributed by atoms with Gasteiger partial charge >= 0.3 is 6.11 Å². The fraction of sp³-hybridized carbons (Fsp3) is 0.308. The second-order valence-corrected chi connectivity index (χ2v) is 16.7. The van der Waals surface area contributed by atoms with Crippen LogP contribution in [0.1, 0.15) is 75.2 Å². The highest BCUT2D eigenvalue weighted by atomic mass is 19.3. The van der Waals surface area contributed by atoms with Crippen molar-refractivity contribution in [3.8, 4) is 39.1 Å². The molecule has 372 valence electrons. The number of unbranched alkanes of at least 4 members (excludes halogenated alkanes) is 1. The van der Waals surface area contributed by atoms with Crippen molar-refractivity contribution in [1.29, 1.82) is 0 Å². The van der Waals surface area contributed by atoms with E-state index in [1.165, 1.54) is 36.4 Å². The lowest BCUT2D eigenvalue weighted by molar-refractivity contribution is -0.206. The van der Waals surface area contributed by atoms with Crippen molar-refractivity contribution in [2.45, 2.75) is 64.6 Å². The Bertz CT molecular complexity index is 2740. The van der Waals surface area contributed by atoms with Gasteiger partial charge in [-0.2, -0.15) is 8.78 Å². The van der Waals surface area contributed by atoms with Gasteiger partial charge in [0, 0.05) is 51.8 Å². The third-order valence-corrected chi connectivity index (χ3v) is 11.5. The molecule has 2 heterocycles. The predicted molar refractivity (Wildman–Crippen MR) is 230 cm³/mol. The monoisotopic (exact) mass is 994 g/mol. The first-order chi connectivity index (χ1) is 33.4. The summed E-state index contributed by atoms with van der Waals surface area (Å²) in [6.07, 6.45) is -1.21. The first-order valence-electron chi connectivity index (χ1n) is 22.1. The van der Waals surface area contributed by atoms with E-state index in [1.807, 2.05) is 0 Å². The lowest BCUT2D eigenvalue weighted by atomic mass is 9.98. The Labute approximate surface area is 393 Å². The van der Waals surface area contributed by atoms with Crippen LogP contribution >= 0.6 is 0 Å². The lowest BCUT2D eigenvalue weighted by Gasteiger charge is -2.29. The fourth-order valence-electron chi connectivity index (χ4n) is 7.95. The number of ether oxygens (including phenoxy) is 5. The lowest BCUT2D eigenvalue weighted by Crippen LogP contribution is -2.27. The van der Waals surface area contributed by atoms with E-state index in [-0.39, 0.29) is 45.9 Å². The molecule has 0 radical (unpaired) electrons. The molecule has 0 atom stereocenters. The first kappa shape index (κ1) is 51.9. The Kier molecular flexibility index (Phi) is 16.6. The molecule has 2 aliphatic rings. The quantitative estimate of drug-likeness (QED) is 0.0852. The number of alkyl halides is 2. The maximum Gasteiger partial charge on any atom is 0.432 e. The number of hydrogen-bond donors (Lipinski definition) is 0. The predicted octanol–water partition coefficient (Wildman–Crippen LogP) is 15.3. The topological polar surface area (TPSA) is 46.2 Å². The van der Waals surface area contributed by atoms with Gasteiger partial charge in [0.05, 0.1) is 26.4 Å². The van der Waals surface area contributed by atoms with E-state index < -0.39 is 99.6 Å². The van der Waals surface area contributed by atoms with Gasteiger partial charge in [-0.25, -0.2) is 48.3 Å². The maximum absolute atomic E-state index is 14.9. The van der Waals surface area contributed by atoms with Crippen LogP contribution < -0.4 is 4.74 Å². The van der Waals surface area contributed by atoms with Crippen LogP contribution in [-0.2, 0) is 25.1 Å². The standard InChI is InChI=1S/C27H22F8O3.C25H21F5O2/c1-2-3-4-14-12-36-26(37-13-14)15-5-6-18(19(28)7-15)16-8-20(29)24(21(30)9-16)27(34,35)38-17-10-22(31)25(33)23(32)11-17;1-2-3-14-12-31-25(32-13-14)16-5-7-18(21(27)9-16)15-4-6-19(20(26)8-15)17-10-22(28)24(30)23(29)11-17/h5-11,14,26H,2-4,12-13H2,1H3;4-11,14,25H,2-3,12-13H2,1H3. The van der Waals surface area contributed by atoms with Crippen LogP contribution in [0.15, 0.2) is 91.0 Å². The molecule has 2 aliphatic heterocycles. The Hall–Kier alpha value is -5.95. The molecule has 6 aromatic carbocycles. The van der Waals surface area contributed by atoms with Gasteiger partial charge in [0.25, 0.3) is 0 Å². The molecule has 0 bridgehead atoms. The number of hydrogen-bond acceptors (Lipinski definition) is 5. The Morgan fingerprint density at radius 2 is 0.829 bits per heavy atom. The van der Waals surface area contributed by atoms with Gasteiger partial charge in [0.2, 0.25) is 0 Å². The third kappa shape index (κ3) is 12.0. The van der Waals surface area contributed by atoms with Gasteiger partial charge < -0.3 is 23.7 Å². The molecule has 0 aliphatic carbocycles. The Morgan fingerprint density at radius 3 is 1.26 bits per heavy atom. The van der Waals surface area contributed by atoms with E-state index in [9.17, 15) is 57.1 Å². The average Bonchev–Trinajstić information content (AvgIpc) is 3.31. The van der Waals surface area contributed by atoms with Crippen molar-refractivity contribution < 1.29 is 80.8 Å². The fourth-order valence-corrected chi connectivity index (χ4v) is 7.95. The molecule has 0 saturated carbocycles. The van der Waals surface area contributed by atoms with Crippen LogP contribution in [-0.4, -0.2) is 26.4 Å². The van der Waals surface area contributed by atoms with Crippen molar-refractivity contribution in [3.05, 3.63) is 172 Å². The van der Waals surface area contributed by atoms with E-state index in [2.05, 4.69) is 18.6 Å². The van der Waals surface area contributed by atoms with Crippen LogP contribution in [0.2, 0.25) is 0 Å². The molecule has 0 aromatic heterocycles. The zero-order chi connectivity index (χ0) is 50.4. The molecule has 0 amide bonds. The van der Waals surface area contributed by atoms with Gasteiger partial charge in [0.1, 0.15) is 40.4 Å². The highest BCUT2D eigenvalue weighted by Gasteiger charge is 2.42. The highest BCUT2D eigenvalue weighted by molar-refractivity contribution is 5.72. The number of halogens is 13. The van der Waals surface area contributed by atoms with Gasteiger partial charge in [-0.15, -0.1) is 0 Å². The third-order valence-electron chi connectivity index (χ3n) is 11.5. The molecule has 8 rings (SSSR count). The summed E-state index contributed by atoms with van der Waals surface area (Å²) in [4.78, 5) is 0. The van der Waals surface area contributed by atoms with Gasteiger partial charge in [-0.3, -0.25) is 0 Å². The van der Waals surface area contributed by atoms with Gasteiger partial charge in [-0.1, -0.05) is 69.5 Å². The van der Waals surface area contributed by atoms with E-state index in [0.717, 1.165) is 44.2 Å². The summed E-state index contributed by atoms with van der Waals surface area (Å²) in [6, 6.07) is 14.4. The van der Waals surface area contributed by atoms with Crippen molar-refractivity contribution in [1.82, 2.24) is 0 Å². The SMILES string of the molecule is CCCC1COC(c2ccc(-c3ccc(-c4cc(F)c(F)c(F)c4)c(F)c3)c(F)c2)OC1.CCCCC1COC(c2ccc(-c3cc(F)c(C(F)(F)Oc4cc(F)c(F)c(F)c4)c(F)c3)c(F)c2)OC1. The zero-order valence-electron chi connectivity index (χ0n) is 37.3. The second-order valence-electron chi connectivity index (χ2n) is 16.7. The highest BCUT2D eigenvalue weighted by Crippen LogP contribution is 2.40. The van der Waals surface area contributed by atoms with Crippen LogP contribution in [0.25, 0.3) is 33.4 Å². The summed E-state index contributed by atoms with van der Waals surface area (Å²) < 4.78 is 210. The first-order valence-corrected chi connectivity index (χ1v) is 22.1. The molecule has 0 N–H and O–H groups in total. The molecular weight excluding hydrogens is 952 g/mol. The largest absolute Gasteiger partial charge is 0.432 e. The van der Waals surface area contributed by atoms with E-state index in [1.54, 1.807) is 6.07 Å². The molecule has 6 aromatic rings. The molecular formula is C52H43F13O5. The summed E-state index contributed by atoms with van der Waals surface area (Å²) in [5.74, 6) is -16.7. The van der Waals surface area contributed by atoms with E-state index in [0.29, 0.717) is 67.7 Å². The summed E-state index contributed by atoms with van der Waals surface area (Å²) in [7, 11) is 0. The van der Waals surface area contributed by atoms with Crippen molar-refractivity contribution >= 4 is 0 Å². The summed E-state index contributed by atoms with van der Waals surface area (Å²) in [6.45, 7) is 6.10. The Morgan fingerprint density at radius 1 is 0.443 bits per heavy atom. The van der Waals surface area contributed by atoms with Crippen molar-refractivity contribution in [3.63, 3.8) is 0 Å². The van der Waals surface area contributed by atoms with Gasteiger partial charge in [0.15, 0.2) is 47.5 Å². The van der Waals surface area contributed by atoms with Gasteiger partial charge in [-0.05, 0) is 72.0 Å². The smallest absolute Gasteiger partial charge is 0.429 e. The average molecular weight is 995 g/mol. The molecule has 0 spiro atoms. The van der Waals surface area contributed by atoms with E-state index >= 15 is 0 Å². The second kappa shape index (κ2) is 22.4. The molecule has 70 heavy (non-hydrogen) atoms. The normalized spacial score (nSPS) is 18.3. The minimum Gasteiger partial charge on any atom is -0.429 e. The Balaban J connectivity index is 0.000000209. The van der Waals surface area contributed by atoms with E-state index in [4.69, 9.17) is 18.9 Å². The minimum atomic E-state index is -4.75. The maximum atomic E-state index is 14.9. The molecule has 5 nitrogen and oxygen atoms in total. The van der Waals surface area contributed by atoms with Crippen LogP contribution in [0.4, 0.5) is 57.1 Å². The van der Waals surface area contributed by atoms with Crippen LogP contribution in [0.3, 0.4) is 0 Å². The van der Waals surface area contributed by atoms with Crippen LogP contribution in [0.5, 0.6) is 5.75 Å². The zero-order valence-corrected chi connectivity index (χ0v) is 37.3. The molecule has 2 saturated heterocycles. The molecule has 0 unspecified atom stereocenters. The van der Waals surface area contributed by atoms with Crippen molar-refractivity contribution in [2.24, 2.45) is 11.8 Å². The number of benzene rings is 6. The number of rotatable bonds is 13. The van der Waals surface area contributed by atoms with Crippen LogP contribution in [0, 0.1) is 75.8 Å². The summed E-state index contributed by atoms with van der Waals surface area (Å²) in [5.41, 5.74) is -1.61.